The molecule has 0 saturated carbocycles. The third-order valence-electron chi connectivity index (χ3n) is 4.42. The van der Waals surface area contributed by atoms with Crippen LogP contribution in [0.15, 0.2) is 60.7 Å². The molecule has 3 rings (SSSR count). The molecule has 0 heterocycles. The highest BCUT2D eigenvalue weighted by Crippen LogP contribution is 2.13. The van der Waals surface area contributed by atoms with Gasteiger partial charge in [-0.1, -0.05) is 29.7 Å². The molecule has 0 spiro atoms. The minimum atomic E-state index is -1.28. The van der Waals surface area contributed by atoms with Crippen molar-refractivity contribution in [1.82, 2.24) is 0 Å². The summed E-state index contributed by atoms with van der Waals surface area (Å²) in [6.07, 6.45) is 0. The van der Waals surface area contributed by atoms with Gasteiger partial charge in [0.1, 0.15) is 0 Å². The zero-order valence-corrected chi connectivity index (χ0v) is 17.2. The number of benzene rings is 3. The molecule has 0 atom stereocenters. The Labute approximate surface area is 192 Å². The maximum absolute atomic E-state index is 11.2. The maximum Gasteiger partial charge on any atom is 0.335 e. The first-order valence-corrected chi connectivity index (χ1v) is 9.50. The Balaban J connectivity index is 1.94. The van der Waals surface area contributed by atoms with Gasteiger partial charge in [0.25, 0.3) is 0 Å². The number of rotatable bonds is 4. The molecule has 0 radical (unpaired) electrons. The van der Waals surface area contributed by atoms with Crippen LogP contribution in [-0.4, -0.2) is 44.3 Å². The molecule has 0 aliphatic carbocycles. The summed E-state index contributed by atoms with van der Waals surface area (Å²) in [6.45, 7) is 0. The summed E-state index contributed by atoms with van der Waals surface area (Å²) in [5.74, 6) is 6.01. The largest absolute Gasteiger partial charge is 0.478 e. The summed E-state index contributed by atoms with van der Waals surface area (Å²) >= 11 is 0. The molecule has 0 fully saturated rings. The lowest BCUT2D eigenvalue weighted by Crippen LogP contribution is -2.03. The van der Waals surface area contributed by atoms with Crippen molar-refractivity contribution >= 4 is 23.9 Å². The lowest BCUT2D eigenvalue weighted by atomic mass is 10.0. The summed E-state index contributed by atoms with van der Waals surface area (Å²) in [7, 11) is 0. The van der Waals surface area contributed by atoms with Gasteiger partial charge < -0.3 is 20.4 Å². The number of hydrogen-bond donors (Lipinski definition) is 4. The number of aromatic carboxylic acids is 4. The lowest BCUT2D eigenvalue weighted by molar-refractivity contribution is 0.0676. The predicted octanol–water partition coefficient (Wildman–Crippen LogP) is 3.28. The van der Waals surface area contributed by atoms with Gasteiger partial charge in [0, 0.05) is 22.3 Å². The number of carbonyl (C=O) groups is 4. The summed E-state index contributed by atoms with van der Waals surface area (Å²) in [6, 6.07) is 13.8. The van der Waals surface area contributed by atoms with Crippen molar-refractivity contribution in [3.05, 3.63) is 105 Å². The molecule has 0 aliphatic rings. The third-order valence-corrected chi connectivity index (χ3v) is 4.42. The molecule has 8 nitrogen and oxygen atoms in total. The van der Waals surface area contributed by atoms with Gasteiger partial charge in [0.15, 0.2) is 0 Å². The van der Waals surface area contributed by atoms with E-state index in [1.807, 2.05) is 0 Å². The van der Waals surface area contributed by atoms with Crippen LogP contribution in [-0.2, 0) is 0 Å². The molecule has 0 bridgehead atoms. The van der Waals surface area contributed by atoms with E-state index in [1.54, 1.807) is 24.3 Å². The Morgan fingerprint density at radius 1 is 0.441 bits per heavy atom. The van der Waals surface area contributed by atoms with Gasteiger partial charge >= 0.3 is 23.9 Å². The van der Waals surface area contributed by atoms with Gasteiger partial charge in [-0.2, -0.15) is 0 Å². The van der Waals surface area contributed by atoms with Crippen molar-refractivity contribution in [2.24, 2.45) is 0 Å². The van der Waals surface area contributed by atoms with Crippen LogP contribution in [0.5, 0.6) is 0 Å². The fourth-order valence-corrected chi connectivity index (χ4v) is 2.86. The van der Waals surface area contributed by atoms with Gasteiger partial charge in [-0.15, -0.1) is 0 Å². The van der Waals surface area contributed by atoms with Gasteiger partial charge in [0.05, 0.1) is 22.3 Å². The fraction of sp³-hybridized carbons (Fsp3) is 0. The molecule has 0 saturated heterocycles. The Bertz CT molecular complexity index is 1300. The van der Waals surface area contributed by atoms with Crippen LogP contribution in [0.3, 0.4) is 0 Å². The Morgan fingerprint density at radius 3 is 1.03 bits per heavy atom. The Kier molecular flexibility index (Phi) is 6.76. The SMILES string of the molecule is O=C(O)c1cc(C#Cc2cccc(C#Cc3cc(C(=O)O)cc(C(=O)O)c3)c2)cc(C(=O)O)c1. The minimum absolute atomic E-state index is 0.201. The van der Waals surface area contributed by atoms with E-state index < -0.39 is 23.9 Å². The summed E-state index contributed by atoms with van der Waals surface area (Å²) < 4.78 is 0. The van der Waals surface area contributed by atoms with Crippen LogP contribution >= 0.6 is 0 Å². The standard InChI is InChI=1S/C26H14O8/c27-23(28)19-9-17(10-20(13-19)24(29)30)6-4-15-2-1-3-16(8-15)5-7-18-11-21(25(31)32)14-22(12-18)26(33)34/h1-3,8-14H,(H,27,28)(H,29,30)(H,31,32)(H,33,34). The van der Waals surface area contributed by atoms with E-state index in [4.69, 9.17) is 20.4 Å². The van der Waals surface area contributed by atoms with E-state index in [0.29, 0.717) is 11.1 Å². The smallest absolute Gasteiger partial charge is 0.335 e. The summed E-state index contributed by atoms with van der Waals surface area (Å²) in [5, 5.41) is 36.7. The zero-order valence-electron chi connectivity index (χ0n) is 17.2. The molecule has 3 aromatic rings. The topological polar surface area (TPSA) is 149 Å². The highest BCUT2D eigenvalue weighted by Gasteiger charge is 2.11. The van der Waals surface area contributed by atoms with Crippen LogP contribution < -0.4 is 0 Å². The Hall–Kier alpha value is -5.34. The normalized spacial score (nSPS) is 9.65. The van der Waals surface area contributed by atoms with Crippen LogP contribution in [0.4, 0.5) is 0 Å². The van der Waals surface area contributed by atoms with Crippen LogP contribution in [0.25, 0.3) is 0 Å². The number of hydrogen-bond acceptors (Lipinski definition) is 4. The van der Waals surface area contributed by atoms with Crippen molar-refractivity contribution in [3.63, 3.8) is 0 Å². The van der Waals surface area contributed by atoms with Crippen molar-refractivity contribution < 1.29 is 39.6 Å². The molecule has 4 N–H and O–H groups in total. The monoisotopic (exact) mass is 454 g/mol. The first kappa shape index (κ1) is 23.3. The van der Waals surface area contributed by atoms with Crippen molar-refractivity contribution in [1.29, 1.82) is 0 Å². The first-order valence-electron chi connectivity index (χ1n) is 9.50. The molecular weight excluding hydrogens is 440 g/mol. The van der Waals surface area contributed by atoms with Gasteiger partial charge in [0.2, 0.25) is 0 Å². The van der Waals surface area contributed by atoms with E-state index >= 15 is 0 Å². The van der Waals surface area contributed by atoms with Gasteiger partial charge in [-0.3, -0.25) is 0 Å². The first-order chi connectivity index (χ1) is 16.1. The van der Waals surface area contributed by atoms with E-state index in [0.717, 1.165) is 12.1 Å². The highest BCUT2D eigenvalue weighted by molar-refractivity contribution is 5.95. The van der Waals surface area contributed by atoms with Crippen molar-refractivity contribution in [3.8, 4) is 23.7 Å². The molecule has 3 aromatic carbocycles. The average molecular weight is 454 g/mol. The number of carboxylic acid groups (broad SMARTS) is 4. The van der Waals surface area contributed by atoms with Gasteiger partial charge in [-0.25, -0.2) is 19.2 Å². The van der Waals surface area contributed by atoms with E-state index in [1.165, 1.54) is 24.3 Å². The minimum Gasteiger partial charge on any atom is -0.478 e. The second-order valence-corrected chi connectivity index (χ2v) is 6.90. The lowest BCUT2D eigenvalue weighted by Gasteiger charge is -2.00. The Morgan fingerprint density at radius 2 is 0.735 bits per heavy atom. The molecule has 0 unspecified atom stereocenters. The van der Waals surface area contributed by atoms with E-state index in [9.17, 15) is 19.2 Å². The molecule has 0 amide bonds. The highest BCUT2D eigenvalue weighted by atomic mass is 16.4. The van der Waals surface area contributed by atoms with Crippen LogP contribution in [0.2, 0.25) is 0 Å². The second kappa shape index (κ2) is 9.86. The van der Waals surface area contributed by atoms with Crippen molar-refractivity contribution in [2.75, 3.05) is 0 Å². The molecule has 0 aromatic heterocycles. The van der Waals surface area contributed by atoms with Gasteiger partial charge in [-0.05, 0) is 54.6 Å². The summed E-state index contributed by atoms with van der Waals surface area (Å²) in [4.78, 5) is 44.9. The predicted molar refractivity (Wildman–Crippen MR) is 119 cm³/mol. The fourth-order valence-electron chi connectivity index (χ4n) is 2.86. The molecule has 8 heteroatoms. The zero-order chi connectivity index (χ0) is 24.8. The second-order valence-electron chi connectivity index (χ2n) is 6.90. The molecule has 0 aliphatic heterocycles. The molecule has 166 valence electrons. The molecular formula is C26H14O8. The summed E-state index contributed by atoms with van der Waals surface area (Å²) in [5.41, 5.74) is 0.633. The maximum atomic E-state index is 11.2. The molecule has 34 heavy (non-hydrogen) atoms. The quantitative estimate of drug-likeness (QED) is 0.439. The van der Waals surface area contributed by atoms with Crippen LogP contribution in [0, 0.1) is 23.7 Å². The van der Waals surface area contributed by atoms with Crippen molar-refractivity contribution in [2.45, 2.75) is 0 Å². The van der Waals surface area contributed by atoms with E-state index in [2.05, 4.69) is 23.7 Å². The average Bonchev–Trinajstić information content (AvgIpc) is 2.81. The number of carboxylic acids is 4. The third kappa shape index (κ3) is 5.88. The van der Waals surface area contributed by atoms with Crippen LogP contribution in [0.1, 0.15) is 63.7 Å². The van der Waals surface area contributed by atoms with E-state index in [-0.39, 0.29) is 33.4 Å².